The molecule has 332 valence electrons. The van der Waals surface area contributed by atoms with Crippen molar-refractivity contribution in [1.29, 1.82) is 5.41 Å². The molecule has 0 heterocycles. The third-order valence-electron chi connectivity index (χ3n) is 11.5. The molecule has 0 aliphatic heterocycles. The quantitative estimate of drug-likeness (QED) is 0.0275. The Hall–Kier alpha value is -1.79. The third-order valence-corrected chi connectivity index (χ3v) is 11.5. The number of unbranched alkanes of at least 4 members (excludes halogenated alkanes) is 34. The number of esters is 2. The van der Waals surface area contributed by atoms with Gasteiger partial charge in [-0.1, -0.05) is 206 Å². The van der Waals surface area contributed by atoms with Gasteiger partial charge in [-0.25, -0.2) is 0 Å². The third kappa shape index (κ3) is 43.3. The summed E-state index contributed by atoms with van der Waals surface area (Å²) in [4.78, 5) is 26.1. The Labute approximate surface area is 349 Å². The van der Waals surface area contributed by atoms with E-state index in [0.29, 0.717) is 26.1 Å². The van der Waals surface area contributed by atoms with Crippen LogP contribution in [0.3, 0.4) is 0 Å². The van der Waals surface area contributed by atoms with Crippen molar-refractivity contribution in [2.75, 3.05) is 26.3 Å². The van der Waals surface area contributed by atoms with Crippen molar-refractivity contribution in [3.8, 4) is 0 Å². The lowest BCUT2D eigenvalue weighted by Gasteiger charge is -2.22. The van der Waals surface area contributed by atoms with Crippen LogP contribution in [-0.2, 0) is 19.1 Å². The van der Waals surface area contributed by atoms with Gasteiger partial charge in [-0.15, -0.1) is 0 Å². The topological polar surface area (TPSA) is 106 Å². The van der Waals surface area contributed by atoms with Crippen molar-refractivity contribution in [1.82, 2.24) is 4.90 Å². The molecule has 0 aliphatic rings. The molecular formula is C49H97N3O4. The summed E-state index contributed by atoms with van der Waals surface area (Å²) in [5.74, 6) is 0.0532. The molecule has 3 N–H and O–H groups in total. The summed E-state index contributed by atoms with van der Waals surface area (Å²) in [7, 11) is 0. The van der Waals surface area contributed by atoms with E-state index in [2.05, 4.69) is 13.8 Å². The molecule has 0 radical (unpaired) electrons. The number of carbonyl (C=O) groups is 2. The maximum Gasteiger partial charge on any atom is 0.305 e. The predicted octanol–water partition coefficient (Wildman–Crippen LogP) is 14.9. The fraction of sp³-hybridized carbons (Fsp3) is 0.939. The lowest BCUT2D eigenvalue weighted by atomic mass is 10.0. The van der Waals surface area contributed by atoms with Gasteiger partial charge < -0.3 is 20.1 Å². The van der Waals surface area contributed by atoms with Crippen LogP contribution in [0.4, 0.5) is 0 Å². The summed E-state index contributed by atoms with van der Waals surface area (Å²) in [5.41, 5.74) is 5.85. The van der Waals surface area contributed by atoms with Crippen LogP contribution in [0.25, 0.3) is 0 Å². The minimum Gasteiger partial charge on any atom is -0.466 e. The van der Waals surface area contributed by atoms with Crippen molar-refractivity contribution >= 4 is 17.9 Å². The highest BCUT2D eigenvalue weighted by atomic mass is 16.5. The molecule has 0 rings (SSSR count). The molecule has 0 bridgehead atoms. The molecule has 0 aliphatic carbocycles. The van der Waals surface area contributed by atoms with Crippen LogP contribution in [0, 0.1) is 5.41 Å². The van der Waals surface area contributed by atoms with Gasteiger partial charge in [0.15, 0.2) is 5.96 Å². The number of ether oxygens (including phenoxy) is 2. The first kappa shape index (κ1) is 54.2. The number of nitrogens with two attached hydrogens (primary N) is 1. The van der Waals surface area contributed by atoms with E-state index in [-0.39, 0.29) is 17.9 Å². The van der Waals surface area contributed by atoms with Gasteiger partial charge >= 0.3 is 11.9 Å². The molecule has 0 unspecified atom stereocenters. The number of nitrogens with one attached hydrogen (secondary N) is 1. The first-order valence-corrected chi connectivity index (χ1v) is 24.9. The minimum atomic E-state index is -0.0454. The van der Waals surface area contributed by atoms with Crippen LogP contribution in [0.15, 0.2) is 0 Å². The van der Waals surface area contributed by atoms with E-state index in [4.69, 9.17) is 20.6 Å². The Bertz CT molecular complexity index is 778. The van der Waals surface area contributed by atoms with Crippen LogP contribution in [-0.4, -0.2) is 49.1 Å². The summed E-state index contributed by atoms with van der Waals surface area (Å²) in [6.45, 7) is 7.19. The summed E-state index contributed by atoms with van der Waals surface area (Å²) in [6.07, 6.45) is 48.9. The average Bonchev–Trinajstić information content (AvgIpc) is 3.19. The van der Waals surface area contributed by atoms with Crippen molar-refractivity contribution in [2.45, 2.75) is 271 Å². The smallest absolute Gasteiger partial charge is 0.305 e. The largest absolute Gasteiger partial charge is 0.466 e. The van der Waals surface area contributed by atoms with Crippen molar-refractivity contribution in [3.63, 3.8) is 0 Å². The lowest BCUT2D eigenvalue weighted by Crippen LogP contribution is -2.37. The zero-order chi connectivity index (χ0) is 40.8. The van der Waals surface area contributed by atoms with E-state index in [1.165, 1.54) is 167 Å². The predicted molar refractivity (Wildman–Crippen MR) is 241 cm³/mol. The van der Waals surface area contributed by atoms with Crippen LogP contribution < -0.4 is 5.73 Å². The number of hydrogen-bond acceptors (Lipinski definition) is 5. The van der Waals surface area contributed by atoms with E-state index >= 15 is 0 Å². The van der Waals surface area contributed by atoms with Crippen LogP contribution >= 0.6 is 0 Å². The molecule has 0 atom stereocenters. The number of carbonyl (C=O) groups excluding carboxylic acids is 2. The van der Waals surface area contributed by atoms with E-state index < -0.39 is 0 Å². The zero-order valence-corrected chi connectivity index (χ0v) is 37.8. The first-order chi connectivity index (χ1) is 27.5. The van der Waals surface area contributed by atoms with Crippen molar-refractivity contribution in [3.05, 3.63) is 0 Å². The number of nitrogens with zero attached hydrogens (tertiary/aromatic N) is 1. The van der Waals surface area contributed by atoms with Crippen LogP contribution in [0.5, 0.6) is 0 Å². The molecule has 0 aromatic carbocycles. The van der Waals surface area contributed by atoms with Gasteiger partial charge in [-0.2, -0.15) is 0 Å². The standard InChI is InChI=1S/C49H97N3O4/c1-3-5-7-9-11-13-15-17-19-21-23-25-27-29-35-41-47(53)55-45-39-33-31-37-43-52(49(50)51)44-38-32-34-40-46-56-48(54)42-36-30-28-26-24-22-20-18-16-14-12-10-8-6-4-2/h3-46H2,1-2H3,(H3,50,51). The SMILES string of the molecule is CCCCCCCCCCCCCCCCCC(=O)OCCCCCCN(CCCCCCOC(=O)CCCCCCCCCCCCCCCCC)C(=N)N. The minimum absolute atomic E-state index is 0.0454. The fourth-order valence-electron chi connectivity index (χ4n) is 7.67. The van der Waals surface area contributed by atoms with Gasteiger partial charge in [0.1, 0.15) is 0 Å². The maximum absolute atomic E-state index is 12.1. The summed E-state index contributed by atoms with van der Waals surface area (Å²) in [5, 5.41) is 7.95. The van der Waals surface area contributed by atoms with Gasteiger partial charge in [0.05, 0.1) is 13.2 Å². The number of hydrogen-bond donors (Lipinski definition) is 2. The fourth-order valence-corrected chi connectivity index (χ4v) is 7.67. The second kappa shape index (κ2) is 45.9. The Kier molecular flexibility index (Phi) is 44.4. The molecule has 0 amide bonds. The Morgan fingerprint density at radius 2 is 0.607 bits per heavy atom. The zero-order valence-electron chi connectivity index (χ0n) is 37.8. The molecule has 7 heteroatoms. The molecule has 0 saturated heterocycles. The Morgan fingerprint density at radius 1 is 0.375 bits per heavy atom. The number of guanidine groups is 1. The first-order valence-electron chi connectivity index (χ1n) is 24.9. The van der Waals surface area contributed by atoms with Gasteiger partial charge in [0.2, 0.25) is 0 Å². The molecule has 0 aromatic rings. The van der Waals surface area contributed by atoms with E-state index in [9.17, 15) is 9.59 Å². The van der Waals surface area contributed by atoms with Gasteiger partial charge in [0, 0.05) is 25.9 Å². The summed E-state index contributed by atoms with van der Waals surface area (Å²) < 4.78 is 10.9. The molecule has 56 heavy (non-hydrogen) atoms. The number of rotatable bonds is 46. The van der Waals surface area contributed by atoms with Crippen LogP contribution in [0.2, 0.25) is 0 Å². The van der Waals surface area contributed by atoms with Crippen molar-refractivity contribution in [2.24, 2.45) is 5.73 Å². The highest BCUT2D eigenvalue weighted by Gasteiger charge is 2.08. The molecule has 0 aromatic heterocycles. The highest BCUT2D eigenvalue weighted by molar-refractivity contribution is 5.74. The summed E-state index contributed by atoms with van der Waals surface area (Å²) in [6, 6.07) is 0. The molecule has 7 nitrogen and oxygen atoms in total. The van der Waals surface area contributed by atoms with Gasteiger partial charge in [0.25, 0.3) is 0 Å². The normalized spacial score (nSPS) is 11.2. The highest BCUT2D eigenvalue weighted by Crippen LogP contribution is 2.16. The molecule has 0 spiro atoms. The Balaban J connectivity index is 3.49. The lowest BCUT2D eigenvalue weighted by molar-refractivity contribution is -0.144. The average molecular weight is 792 g/mol. The summed E-state index contributed by atoms with van der Waals surface area (Å²) >= 11 is 0. The molecule has 0 saturated carbocycles. The van der Waals surface area contributed by atoms with Crippen molar-refractivity contribution < 1.29 is 19.1 Å². The van der Waals surface area contributed by atoms with Gasteiger partial charge in [-0.05, 0) is 51.4 Å². The molecular weight excluding hydrogens is 695 g/mol. The van der Waals surface area contributed by atoms with Gasteiger partial charge in [-0.3, -0.25) is 15.0 Å². The monoisotopic (exact) mass is 792 g/mol. The maximum atomic E-state index is 12.1. The second-order valence-electron chi connectivity index (χ2n) is 17.0. The Morgan fingerprint density at radius 3 is 0.875 bits per heavy atom. The van der Waals surface area contributed by atoms with E-state index in [0.717, 1.165) is 90.1 Å². The van der Waals surface area contributed by atoms with E-state index in [1.54, 1.807) is 0 Å². The van der Waals surface area contributed by atoms with Crippen LogP contribution in [0.1, 0.15) is 271 Å². The molecule has 0 fully saturated rings. The van der Waals surface area contributed by atoms with E-state index in [1.807, 2.05) is 4.90 Å². The second-order valence-corrected chi connectivity index (χ2v) is 17.0.